The maximum absolute atomic E-state index is 9.89. The summed E-state index contributed by atoms with van der Waals surface area (Å²) in [4.78, 5) is 2.30. The third kappa shape index (κ3) is 1.79. The fourth-order valence-electron chi connectivity index (χ4n) is 2.68. The second-order valence-corrected chi connectivity index (χ2v) is 4.77. The molecule has 0 spiro atoms. The molecule has 2 nitrogen and oxygen atoms in total. The third-order valence-electron chi connectivity index (χ3n) is 3.56. The zero-order valence-corrected chi connectivity index (χ0v) is 10.5. The molecule has 0 saturated carbocycles. The molecule has 0 fully saturated rings. The number of fused-ring (bicyclic) bond motifs is 1. The highest BCUT2D eigenvalue weighted by atomic mass is 16.3. The highest BCUT2D eigenvalue weighted by Crippen LogP contribution is 2.37. The van der Waals surface area contributed by atoms with E-state index in [1.54, 1.807) is 0 Å². The van der Waals surface area contributed by atoms with E-state index in [4.69, 9.17) is 0 Å². The number of aliphatic hydroxyl groups excluding tert-OH is 1. The van der Waals surface area contributed by atoms with Gasteiger partial charge in [-0.15, -0.1) is 0 Å². The van der Waals surface area contributed by atoms with Gasteiger partial charge in [0.2, 0.25) is 0 Å². The summed E-state index contributed by atoms with van der Waals surface area (Å²) >= 11 is 0. The highest BCUT2D eigenvalue weighted by Gasteiger charge is 2.22. The van der Waals surface area contributed by atoms with E-state index in [1.807, 2.05) is 25.1 Å². The summed E-state index contributed by atoms with van der Waals surface area (Å²) in [6.07, 6.45) is 0.638. The summed E-state index contributed by atoms with van der Waals surface area (Å²) in [5, 5.41) is 9.89. The first kappa shape index (κ1) is 11.3. The minimum absolute atomic E-state index is 0.436. The molecule has 2 heteroatoms. The summed E-state index contributed by atoms with van der Waals surface area (Å²) in [5.41, 5.74) is 4.77. The van der Waals surface area contributed by atoms with Gasteiger partial charge in [0.05, 0.1) is 6.10 Å². The minimum atomic E-state index is -0.436. The summed E-state index contributed by atoms with van der Waals surface area (Å²) in [6, 6.07) is 16.6. The Labute approximate surface area is 107 Å². The minimum Gasteiger partial charge on any atom is -0.389 e. The molecule has 1 aliphatic rings. The molecule has 0 aromatic heterocycles. The largest absolute Gasteiger partial charge is 0.389 e. The van der Waals surface area contributed by atoms with E-state index in [9.17, 15) is 5.11 Å². The van der Waals surface area contributed by atoms with Crippen LogP contribution in [-0.4, -0.2) is 11.7 Å². The van der Waals surface area contributed by atoms with Gasteiger partial charge in [0.1, 0.15) is 0 Å². The Bertz CT molecular complexity index is 563. The molecule has 1 heterocycles. The normalized spacial score (nSPS) is 15.6. The van der Waals surface area contributed by atoms with E-state index in [0.717, 1.165) is 24.2 Å². The second-order valence-electron chi connectivity index (χ2n) is 4.77. The van der Waals surface area contributed by atoms with Crippen LogP contribution in [0.15, 0.2) is 48.5 Å². The molecule has 0 aliphatic carbocycles. The van der Waals surface area contributed by atoms with Gasteiger partial charge in [-0.3, -0.25) is 0 Å². The van der Waals surface area contributed by atoms with Gasteiger partial charge < -0.3 is 10.0 Å². The number of anilines is 2. The number of rotatable bonds is 2. The van der Waals surface area contributed by atoms with E-state index in [2.05, 4.69) is 35.2 Å². The third-order valence-corrected chi connectivity index (χ3v) is 3.56. The van der Waals surface area contributed by atoms with Crippen LogP contribution in [0, 0.1) is 0 Å². The number of nitrogens with zero attached hydrogens (tertiary/aromatic N) is 1. The molecule has 3 rings (SSSR count). The summed E-state index contributed by atoms with van der Waals surface area (Å²) in [6.45, 7) is 2.81. The monoisotopic (exact) mass is 239 g/mol. The van der Waals surface area contributed by atoms with E-state index >= 15 is 0 Å². The van der Waals surface area contributed by atoms with Crippen LogP contribution < -0.4 is 4.90 Å². The van der Waals surface area contributed by atoms with E-state index in [0.29, 0.717) is 0 Å². The van der Waals surface area contributed by atoms with Crippen LogP contribution >= 0.6 is 0 Å². The molecule has 0 bridgehead atoms. The van der Waals surface area contributed by atoms with Crippen molar-refractivity contribution in [2.45, 2.75) is 19.4 Å². The smallest absolute Gasteiger partial charge is 0.0782 e. The fraction of sp³-hybridized carbons (Fsp3) is 0.250. The molecule has 0 amide bonds. The molecule has 1 N–H and O–H groups in total. The molecule has 1 aliphatic heterocycles. The molecule has 92 valence electrons. The maximum Gasteiger partial charge on any atom is 0.0782 e. The molecule has 0 radical (unpaired) electrons. The van der Waals surface area contributed by atoms with Crippen molar-refractivity contribution in [2.24, 2.45) is 0 Å². The molecule has 0 unspecified atom stereocenters. The molecule has 18 heavy (non-hydrogen) atoms. The second kappa shape index (κ2) is 4.46. The van der Waals surface area contributed by atoms with Crippen LogP contribution in [0.1, 0.15) is 24.2 Å². The molecular formula is C16H17NO. The number of aliphatic hydroxyl groups is 1. The number of para-hydroxylation sites is 2. The molecule has 2 aromatic carbocycles. The summed E-state index contributed by atoms with van der Waals surface area (Å²) < 4.78 is 0. The van der Waals surface area contributed by atoms with Gasteiger partial charge in [0.15, 0.2) is 0 Å². The van der Waals surface area contributed by atoms with Crippen molar-refractivity contribution in [3.63, 3.8) is 0 Å². The van der Waals surface area contributed by atoms with Gasteiger partial charge in [-0.2, -0.15) is 0 Å². The fourth-order valence-corrected chi connectivity index (χ4v) is 2.68. The van der Waals surface area contributed by atoms with Gasteiger partial charge in [0, 0.05) is 23.5 Å². The Kier molecular flexibility index (Phi) is 2.80. The maximum atomic E-state index is 9.89. The molecule has 1 atom stereocenters. The predicted octanol–water partition coefficient (Wildman–Crippen LogP) is 3.43. The van der Waals surface area contributed by atoms with Gasteiger partial charge in [-0.05, 0) is 31.0 Å². The van der Waals surface area contributed by atoms with E-state index in [-0.39, 0.29) is 0 Å². The topological polar surface area (TPSA) is 23.5 Å². The van der Waals surface area contributed by atoms with Crippen molar-refractivity contribution < 1.29 is 5.11 Å². The Hall–Kier alpha value is -1.80. The van der Waals surface area contributed by atoms with Gasteiger partial charge in [0.25, 0.3) is 0 Å². The van der Waals surface area contributed by atoms with E-state index in [1.165, 1.54) is 11.3 Å². The van der Waals surface area contributed by atoms with Gasteiger partial charge >= 0.3 is 0 Å². The van der Waals surface area contributed by atoms with Crippen LogP contribution in [0.5, 0.6) is 0 Å². The predicted molar refractivity (Wildman–Crippen MR) is 74.2 cm³/mol. The average molecular weight is 239 g/mol. The molecule has 0 saturated heterocycles. The first-order valence-electron chi connectivity index (χ1n) is 6.40. The van der Waals surface area contributed by atoms with Crippen molar-refractivity contribution >= 4 is 11.4 Å². The Balaban J connectivity index is 2.08. The quantitative estimate of drug-likeness (QED) is 0.867. The summed E-state index contributed by atoms with van der Waals surface area (Å²) in [5.74, 6) is 0. The zero-order chi connectivity index (χ0) is 12.5. The Morgan fingerprint density at radius 1 is 1.00 bits per heavy atom. The van der Waals surface area contributed by atoms with Gasteiger partial charge in [-0.25, -0.2) is 0 Å². The first-order valence-corrected chi connectivity index (χ1v) is 6.40. The van der Waals surface area contributed by atoms with Crippen LogP contribution in [0.2, 0.25) is 0 Å². The van der Waals surface area contributed by atoms with Crippen LogP contribution in [0.3, 0.4) is 0 Å². The van der Waals surface area contributed by atoms with Crippen molar-refractivity contribution in [1.82, 2.24) is 0 Å². The lowest BCUT2D eigenvalue weighted by molar-refractivity contribution is 0.200. The number of hydrogen-bond acceptors (Lipinski definition) is 2. The molecule has 2 aromatic rings. The molecular weight excluding hydrogens is 222 g/mol. The summed E-state index contributed by atoms with van der Waals surface area (Å²) in [7, 11) is 0. The zero-order valence-electron chi connectivity index (χ0n) is 10.5. The van der Waals surface area contributed by atoms with E-state index < -0.39 is 6.10 Å². The van der Waals surface area contributed by atoms with Crippen molar-refractivity contribution in [1.29, 1.82) is 0 Å². The SMILES string of the molecule is C[C@H](O)c1ccccc1N1CCc2ccccc21. The van der Waals surface area contributed by atoms with Crippen LogP contribution in [-0.2, 0) is 6.42 Å². The lowest BCUT2D eigenvalue weighted by atomic mass is 10.1. The average Bonchev–Trinajstić information content (AvgIpc) is 2.82. The number of hydrogen-bond donors (Lipinski definition) is 1. The lowest BCUT2D eigenvalue weighted by Gasteiger charge is -2.23. The van der Waals surface area contributed by atoms with Crippen LogP contribution in [0.4, 0.5) is 11.4 Å². The van der Waals surface area contributed by atoms with Gasteiger partial charge in [-0.1, -0.05) is 36.4 Å². The van der Waals surface area contributed by atoms with Crippen molar-refractivity contribution in [2.75, 3.05) is 11.4 Å². The van der Waals surface area contributed by atoms with Crippen molar-refractivity contribution in [3.8, 4) is 0 Å². The standard InChI is InChI=1S/C16H17NO/c1-12(18)14-7-3-5-9-16(14)17-11-10-13-6-2-4-8-15(13)17/h2-9,12,18H,10-11H2,1H3/t12-/m0/s1. The van der Waals surface area contributed by atoms with Crippen LogP contribution in [0.25, 0.3) is 0 Å². The highest BCUT2D eigenvalue weighted by molar-refractivity contribution is 5.72. The Morgan fingerprint density at radius 3 is 2.44 bits per heavy atom. The van der Waals surface area contributed by atoms with Crippen molar-refractivity contribution in [3.05, 3.63) is 59.7 Å². The Morgan fingerprint density at radius 2 is 1.67 bits per heavy atom. The number of benzene rings is 2. The lowest BCUT2D eigenvalue weighted by Crippen LogP contribution is -2.15. The first-order chi connectivity index (χ1) is 8.77.